The lowest BCUT2D eigenvalue weighted by Crippen LogP contribution is -2.40. The fourth-order valence-corrected chi connectivity index (χ4v) is 2.25. The van der Waals surface area contributed by atoms with Crippen molar-refractivity contribution in [3.8, 4) is 0 Å². The van der Waals surface area contributed by atoms with Gasteiger partial charge in [0.1, 0.15) is 5.82 Å². The molecule has 0 amide bonds. The molecule has 5 heteroatoms. The van der Waals surface area contributed by atoms with E-state index < -0.39 is 0 Å². The predicted octanol–water partition coefficient (Wildman–Crippen LogP) is 3.42. The monoisotopic (exact) mass is 289 g/mol. The molecule has 21 heavy (non-hydrogen) atoms. The lowest BCUT2D eigenvalue weighted by Gasteiger charge is -2.36. The van der Waals surface area contributed by atoms with E-state index in [-0.39, 0.29) is 5.41 Å². The molecule has 0 saturated carbocycles. The Bertz CT molecular complexity index is 596. The zero-order valence-electron chi connectivity index (χ0n) is 14.0. The number of fused-ring (bicyclic) bond motifs is 1. The average Bonchev–Trinajstić information content (AvgIpc) is 2.89. The molecule has 0 aliphatic rings. The highest BCUT2D eigenvalue weighted by Gasteiger charge is 2.26. The SMILES string of the molecule is CCCNc1cn2ccnc2c(N(C)C(C)C(C)(C)C)n1. The number of nitrogens with zero attached hydrogens (tertiary/aromatic N) is 4. The van der Waals surface area contributed by atoms with Crippen LogP contribution < -0.4 is 10.2 Å². The third kappa shape index (κ3) is 3.28. The Morgan fingerprint density at radius 2 is 2.10 bits per heavy atom. The van der Waals surface area contributed by atoms with Gasteiger partial charge in [0.2, 0.25) is 0 Å². The summed E-state index contributed by atoms with van der Waals surface area (Å²) in [5, 5.41) is 3.36. The molecule has 5 nitrogen and oxygen atoms in total. The molecule has 2 heterocycles. The molecule has 0 radical (unpaired) electrons. The van der Waals surface area contributed by atoms with E-state index in [1.54, 1.807) is 0 Å². The summed E-state index contributed by atoms with van der Waals surface area (Å²) in [4.78, 5) is 11.5. The Hall–Kier alpha value is -1.78. The van der Waals surface area contributed by atoms with E-state index in [2.05, 4.69) is 56.9 Å². The van der Waals surface area contributed by atoms with Gasteiger partial charge in [-0.05, 0) is 18.8 Å². The van der Waals surface area contributed by atoms with Crippen LogP contribution in [0.15, 0.2) is 18.6 Å². The maximum Gasteiger partial charge on any atom is 0.180 e. The molecule has 2 aromatic rings. The quantitative estimate of drug-likeness (QED) is 0.916. The molecule has 0 fully saturated rings. The Morgan fingerprint density at radius 3 is 2.71 bits per heavy atom. The Morgan fingerprint density at radius 1 is 1.38 bits per heavy atom. The van der Waals surface area contributed by atoms with Gasteiger partial charge in [-0.1, -0.05) is 27.7 Å². The standard InChI is InChI=1S/C16H27N5/c1-7-8-17-13-11-21-10-9-18-14(21)15(19-13)20(6)12(2)16(3,4)5/h9-12,17H,7-8H2,1-6H3. The molecule has 1 atom stereocenters. The number of nitrogens with one attached hydrogen (secondary N) is 1. The van der Waals surface area contributed by atoms with Crippen molar-refractivity contribution in [2.45, 2.75) is 47.1 Å². The third-order valence-corrected chi connectivity index (χ3v) is 4.08. The molecule has 2 aromatic heterocycles. The minimum atomic E-state index is 0.173. The van der Waals surface area contributed by atoms with Crippen LogP contribution in [0, 0.1) is 5.41 Å². The normalized spacial score (nSPS) is 13.4. The lowest BCUT2D eigenvalue weighted by atomic mass is 9.87. The fourth-order valence-electron chi connectivity index (χ4n) is 2.25. The number of aromatic nitrogens is 3. The molecule has 0 aliphatic heterocycles. The van der Waals surface area contributed by atoms with Crippen LogP contribution in [0.25, 0.3) is 5.65 Å². The first-order valence-corrected chi connectivity index (χ1v) is 7.65. The summed E-state index contributed by atoms with van der Waals surface area (Å²) in [5.41, 5.74) is 1.07. The van der Waals surface area contributed by atoms with Crippen molar-refractivity contribution < 1.29 is 0 Å². The Labute approximate surface area is 127 Å². The van der Waals surface area contributed by atoms with Crippen LogP contribution in [0.4, 0.5) is 11.6 Å². The van der Waals surface area contributed by atoms with E-state index >= 15 is 0 Å². The van der Waals surface area contributed by atoms with Gasteiger partial charge in [0.15, 0.2) is 11.5 Å². The van der Waals surface area contributed by atoms with E-state index in [1.165, 1.54) is 0 Å². The summed E-state index contributed by atoms with van der Waals surface area (Å²) in [6, 6.07) is 0.354. The van der Waals surface area contributed by atoms with Crippen molar-refractivity contribution in [1.29, 1.82) is 0 Å². The average molecular weight is 289 g/mol. The molecule has 2 rings (SSSR count). The summed E-state index contributed by atoms with van der Waals surface area (Å²) in [7, 11) is 2.09. The topological polar surface area (TPSA) is 45.5 Å². The molecule has 0 aliphatic carbocycles. The van der Waals surface area contributed by atoms with Gasteiger partial charge in [0, 0.05) is 32.0 Å². The van der Waals surface area contributed by atoms with Crippen LogP contribution in [0.5, 0.6) is 0 Å². The molecule has 0 saturated heterocycles. The molecule has 0 aromatic carbocycles. The van der Waals surface area contributed by atoms with Crippen LogP contribution in [0.2, 0.25) is 0 Å². The zero-order valence-corrected chi connectivity index (χ0v) is 14.0. The Balaban J connectivity index is 2.43. The molecule has 1 unspecified atom stereocenters. The van der Waals surface area contributed by atoms with E-state index in [0.717, 1.165) is 30.2 Å². The van der Waals surface area contributed by atoms with E-state index in [0.29, 0.717) is 6.04 Å². The number of hydrogen-bond acceptors (Lipinski definition) is 4. The molecule has 1 N–H and O–H groups in total. The molecule has 116 valence electrons. The molecule has 0 bridgehead atoms. The third-order valence-electron chi connectivity index (χ3n) is 4.08. The highest BCUT2D eigenvalue weighted by Crippen LogP contribution is 2.29. The second kappa shape index (κ2) is 5.92. The van der Waals surface area contributed by atoms with Gasteiger partial charge >= 0.3 is 0 Å². The number of anilines is 2. The molecular formula is C16H27N5. The highest BCUT2D eigenvalue weighted by molar-refractivity contribution is 5.67. The summed E-state index contributed by atoms with van der Waals surface area (Å²) >= 11 is 0. The van der Waals surface area contributed by atoms with Crippen LogP contribution >= 0.6 is 0 Å². The van der Waals surface area contributed by atoms with E-state index in [1.807, 2.05) is 23.0 Å². The van der Waals surface area contributed by atoms with Gasteiger partial charge in [0.05, 0.1) is 6.20 Å². The second-order valence-electron chi connectivity index (χ2n) is 6.69. The number of hydrogen-bond donors (Lipinski definition) is 1. The van der Waals surface area contributed by atoms with Crippen molar-refractivity contribution >= 4 is 17.3 Å². The van der Waals surface area contributed by atoms with Crippen LogP contribution in [0.1, 0.15) is 41.0 Å². The first kappa shape index (κ1) is 15.6. The predicted molar refractivity (Wildman–Crippen MR) is 89.1 cm³/mol. The van der Waals surface area contributed by atoms with Crippen molar-refractivity contribution in [2.75, 3.05) is 23.8 Å². The summed E-state index contributed by atoms with van der Waals surface area (Å²) in [5.74, 6) is 1.81. The van der Waals surface area contributed by atoms with E-state index in [9.17, 15) is 0 Å². The maximum absolute atomic E-state index is 4.78. The van der Waals surface area contributed by atoms with Gasteiger partial charge < -0.3 is 14.6 Å². The maximum atomic E-state index is 4.78. The zero-order chi connectivity index (χ0) is 15.6. The van der Waals surface area contributed by atoms with Crippen LogP contribution in [-0.2, 0) is 0 Å². The highest BCUT2D eigenvalue weighted by atomic mass is 15.2. The summed E-state index contributed by atoms with van der Waals surface area (Å²) in [6.07, 6.45) is 6.86. The van der Waals surface area contributed by atoms with Gasteiger partial charge in [-0.3, -0.25) is 0 Å². The minimum absolute atomic E-state index is 0.173. The van der Waals surface area contributed by atoms with Crippen molar-refractivity contribution in [3.63, 3.8) is 0 Å². The van der Waals surface area contributed by atoms with Crippen LogP contribution in [0.3, 0.4) is 0 Å². The summed E-state index contributed by atoms with van der Waals surface area (Å²) in [6.45, 7) is 12.0. The fraction of sp³-hybridized carbons (Fsp3) is 0.625. The largest absolute Gasteiger partial charge is 0.369 e. The van der Waals surface area contributed by atoms with Crippen molar-refractivity contribution in [1.82, 2.24) is 14.4 Å². The number of rotatable bonds is 5. The van der Waals surface area contributed by atoms with Gasteiger partial charge in [-0.25, -0.2) is 9.97 Å². The Kier molecular flexibility index (Phi) is 4.40. The molecular weight excluding hydrogens is 262 g/mol. The lowest BCUT2D eigenvalue weighted by molar-refractivity contribution is 0.329. The van der Waals surface area contributed by atoms with Crippen molar-refractivity contribution in [3.05, 3.63) is 18.6 Å². The van der Waals surface area contributed by atoms with E-state index in [4.69, 9.17) is 4.98 Å². The first-order valence-electron chi connectivity index (χ1n) is 7.65. The van der Waals surface area contributed by atoms with Gasteiger partial charge in [0.25, 0.3) is 0 Å². The van der Waals surface area contributed by atoms with Gasteiger partial charge in [-0.2, -0.15) is 0 Å². The first-order chi connectivity index (χ1) is 9.84. The molecule has 0 spiro atoms. The summed E-state index contributed by atoms with van der Waals surface area (Å²) < 4.78 is 2.03. The second-order valence-corrected chi connectivity index (χ2v) is 6.69. The smallest absolute Gasteiger partial charge is 0.180 e. The number of imidazole rings is 1. The van der Waals surface area contributed by atoms with Crippen molar-refractivity contribution in [2.24, 2.45) is 5.41 Å². The van der Waals surface area contributed by atoms with Crippen LogP contribution in [-0.4, -0.2) is 34.0 Å². The van der Waals surface area contributed by atoms with Gasteiger partial charge in [-0.15, -0.1) is 0 Å². The minimum Gasteiger partial charge on any atom is -0.369 e.